The van der Waals surface area contributed by atoms with Crippen molar-refractivity contribution >= 4 is 5.69 Å². The third kappa shape index (κ3) is 4.73. The van der Waals surface area contributed by atoms with Crippen molar-refractivity contribution in [1.82, 2.24) is 9.88 Å². The molecule has 0 atom stereocenters. The van der Waals surface area contributed by atoms with E-state index in [2.05, 4.69) is 9.88 Å². The van der Waals surface area contributed by atoms with Gasteiger partial charge in [-0.25, -0.2) is 0 Å². The lowest BCUT2D eigenvalue weighted by Crippen LogP contribution is -2.28. The second kappa shape index (κ2) is 8.21. The fourth-order valence-corrected chi connectivity index (χ4v) is 2.38. The Morgan fingerprint density at radius 1 is 1.22 bits per heavy atom. The molecule has 2 N–H and O–H groups in total. The molecule has 0 saturated carbocycles. The minimum Gasteiger partial charge on any atom is -0.490 e. The summed E-state index contributed by atoms with van der Waals surface area (Å²) in [6, 6.07) is 8.90. The number of rotatable bonds is 8. The molecule has 0 spiro atoms. The Morgan fingerprint density at radius 2 is 1.91 bits per heavy atom. The van der Waals surface area contributed by atoms with Crippen LogP contribution >= 0.6 is 0 Å². The highest BCUT2D eigenvalue weighted by Gasteiger charge is 2.16. The van der Waals surface area contributed by atoms with Gasteiger partial charge in [-0.3, -0.25) is 20.0 Å². The lowest BCUT2D eigenvalue weighted by Gasteiger charge is -2.21. The number of nitro groups is 1. The van der Waals surface area contributed by atoms with Gasteiger partial charge in [0, 0.05) is 44.6 Å². The number of benzene rings is 1. The van der Waals surface area contributed by atoms with E-state index in [-0.39, 0.29) is 11.4 Å². The van der Waals surface area contributed by atoms with Crippen LogP contribution in [0.3, 0.4) is 0 Å². The molecule has 0 saturated heterocycles. The van der Waals surface area contributed by atoms with Crippen LogP contribution in [0.2, 0.25) is 0 Å². The molecule has 0 aliphatic carbocycles. The van der Waals surface area contributed by atoms with E-state index in [4.69, 9.17) is 10.5 Å². The molecular formula is C16H20N4O3. The summed E-state index contributed by atoms with van der Waals surface area (Å²) in [6.45, 7) is 2.50. The molecule has 0 amide bonds. The number of nitrogens with two attached hydrogens (primary N) is 1. The summed E-state index contributed by atoms with van der Waals surface area (Å²) in [4.78, 5) is 16.8. The molecule has 7 nitrogen and oxygen atoms in total. The van der Waals surface area contributed by atoms with E-state index in [9.17, 15) is 10.1 Å². The first-order valence-corrected chi connectivity index (χ1v) is 7.26. The molecule has 0 fully saturated rings. The Hall–Kier alpha value is -2.51. The second-order valence-corrected chi connectivity index (χ2v) is 5.12. The van der Waals surface area contributed by atoms with Gasteiger partial charge in [-0.05, 0) is 29.3 Å². The number of pyridine rings is 1. The molecule has 2 rings (SSSR count). The highest BCUT2D eigenvalue weighted by molar-refractivity contribution is 5.48. The number of nitro benzene ring substituents is 1. The van der Waals surface area contributed by atoms with E-state index in [1.54, 1.807) is 24.5 Å². The topological polar surface area (TPSA) is 94.5 Å². The van der Waals surface area contributed by atoms with Crippen molar-refractivity contribution in [2.75, 3.05) is 20.2 Å². The number of ether oxygens (including phenoxy) is 1. The quantitative estimate of drug-likeness (QED) is 0.591. The number of methoxy groups -OCH3 is 1. The van der Waals surface area contributed by atoms with Gasteiger partial charge in [-0.1, -0.05) is 6.07 Å². The van der Waals surface area contributed by atoms with Gasteiger partial charge < -0.3 is 10.5 Å². The summed E-state index contributed by atoms with van der Waals surface area (Å²) in [5, 5.41) is 11.1. The molecule has 1 heterocycles. The maximum atomic E-state index is 11.1. The zero-order valence-corrected chi connectivity index (χ0v) is 13.0. The predicted molar refractivity (Wildman–Crippen MR) is 87.1 cm³/mol. The number of hydrogen-bond donors (Lipinski definition) is 1. The first-order valence-electron chi connectivity index (χ1n) is 7.26. The average molecular weight is 316 g/mol. The van der Waals surface area contributed by atoms with E-state index in [1.807, 2.05) is 18.2 Å². The minimum absolute atomic E-state index is 0.0263. The molecule has 2 aromatic rings. The van der Waals surface area contributed by atoms with Gasteiger partial charge in [0.25, 0.3) is 0 Å². The molecular weight excluding hydrogens is 296 g/mol. The van der Waals surface area contributed by atoms with E-state index < -0.39 is 4.92 Å². The van der Waals surface area contributed by atoms with Gasteiger partial charge in [0.2, 0.25) is 0 Å². The van der Waals surface area contributed by atoms with Crippen LogP contribution in [0.15, 0.2) is 42.7 Å². The van der Waals surface area contributed by atoms with Gasteiger partial charge in [0.1, 0.15) is 0 Å². The molecule has 0 bridgehead atoms. The largest absolute Gasteiger partial charge is 0.490 e. The average Bonchev–Trinajstić information content (AvgIpc) is 2.56. The number of nitrogens with zero attached hydrogens (tertiary/aromatic N) is 3. The van der Waals surface area contributed by atoms with Crippen molar-refractivity contribution < 1.29 is 9.66 Å². The normalized spacial score (nSPS) is 10.7. The summed E-state index contributed by atoms with van der Waals surface area (Å²) in [5.74, 6) is 0.262. The van der Waals surface area contributed by atoms with Crippen LogP contribution in [0.1, 0.15) is 11.1 Å². The Balaban J connectivity index is 2.16. The third-order valence-corrected chi connectivity index (χ3v) is 3.45. The lowest BCUT2D eigenvalue weighted by atomic mass is 10.1. The molecule has 23 heavy (non-hydrogen) atoms. The smallest absolute Gasteiger partial charge is 0.311 e. The van der Waals surface area contributed by atoms with Crippen molar-refractivity contribution in [3.05, 3.63) is 64.0 Å². The fraction of sp³-hybridized carbons (Fsp3) is 0.312. The third-order valence-electron chi connectivity index (χ3n) is 3.45. The molecule has 7 heteroatoms. The van der Waals surface area contributed by atoms with E-state index >= 15 is 0 Å². The number of aromatic nitrogens is 1. The fourth-order valence-electron chi connectivity index (χ4n) is 2.38. The Kier molecular flexibility index (Phi) is 6.02. The van der Waals surface area contributed by atoms with Gasteiger partial charge in [-0.15, -0.1) is 0 Å². The minimum atomic E-state index is -0.432. The van der Waals surface area contributed by atoms with Crippen molar-refractivity contribution in [3.63, 3.8) is 0 Å². The van der Waals surface area contributed by atoms with Crippen LogP contribution < -0.4 is 10.5 Å². The molecule has 0 unspecified atom stereocenters. The maximum Gasteiger partial charge on any atom is 0.311 e. The molecule has 0 radical (unpaired) electrons. The highest BCUT2D eigenvalue weighted by Crippen LogP contribution is 2.28. The maximum absolute atomic E-state index is 11.1. The Labute approximate surface area is 134 Å². The summed E-state index contributed by atoms with van der Waals surface area (Å²) in [6.07, 6.45) is 3.49. The van der Waals surface area contributed by atoms with E-state index in [0.29, 0.717) is 26.2 Å². The van der Waals surface area contributed by atoms with E-state index in [0.717, 1.165) is 11.1 Å². The van der Waals surface area contributed by atoms with Crippen molar-refractivity contribution in [2.24, 2.45) is 5.73 Å². The monoisotopic (exact) mass is 316 g/mol. The van der Waals surface area contributed by atoms with Gasteiger partial charge in [0.15, 0.2) is 5.75 Å². The lowest BCUT2D eigenvalue weighted by molar-refractivity contribution is -0.385. The van der Waals surface area contributed by atoms with E-state index in [1.165, 1.54) is 7.11 Å². The summed E-state index contributed by atoms with van der Waals surface area (Å²) < 4.78 is 5.03. The van der Waals surface area contributed by atoms with Crippen LogP contribution in [0.4, 0.5) is 5.69 Å². The van der Waals surface area contributed by atoms with Gasteiger partial charge in [-0.2, -0.15) is 0 Å². The molecule has 122 valence electrons. The zero-order chi connectivity index (χ0) is 16.7. The van der Waals surface area contributed by atoms with Gasteiger partial charge in [0.05, 0.1) is 12.0 Å². The van der Waals surface area contributed by atoms with Crippen molar-refractivity contribution in [3.8, 4) is 5.75 Å². The number of hydrogen-bond acceptors (Lipinski definition) is 6. The summed E-state index contributed by atoms with van der Waals surface area (Å²) in [5.41, 5.74) is 7.62. The first kappa shape index (κ1) is 16.9. The van der Waals surface area contributed by atoms with Crippen LogP contribution in [0.25, 0.3) is 0 Å². The second-order valence-electron chi connectivity index (χ2n) is 5.12. The highest BCUT2D eigenvalue weighted by atomic mass is 16.6. The predicted octanol–water partition coefficient (Wildman–Crippen LogP) is 1.96. The first-order chi connectivity index (χ1) is 11.1. The van der Waals surface area contributed by atoms with Crippen LogP contribution in [0, 0.1) is 10.1 Å². The Bertz CT molecular complexity index is 649. The van der Waals surface area contributed by atoms with Crippen molar-refractivity contribution in [2.45, 2.75) is 13.1 Å². The van der Waals surface area contributed by atoms with Crippen LogP contribution in [-0.4, -0.2) is 35.0 Å². The molecule has 1 aromatic heterocycles. The summed E-state index contributed by atoms with van der Waals surface area (Å²) in [7, 11) is 1.42. The Morgan fingerprint density at radius 3 is 2.52 bits per heavy atom. The molecule has 1 aromatic carbocycles. The molecule has 0 aliphatic heterocycles. The van der Waals surface area contributed by atoms with Crippen LogP contribution in [0.5, 0.6) is 5.75 Å². The standard InChI is InChI=1S/C16H20N4O3/c1-23-16-3-2-14(10-15(16)20(21)22)12-19(9-6-17)11-13-4-7-18-8-5-13/h2-5,7-8,10H,6,9,11-12,17H2,1H3. The van der Waals surface area contributed by atoms with Crippen LogP contribution in [-0.2, 0) is 13.1 Å². The SMILES string of the molecule is COc1ccc(CN(CCN)Cc2ccncc2)cc1[N+](=O)[O-]. The summed E-state index contributed by atoms with van der Waals surface area (Å²) >= 11 is 0. The molecule has 0 aliphatic rings. The van der Waals surface area contributed by atoms with Gasteiger partial charge >= 0.3 is 5.69 Å². The van der Waals surface area contributed by atoms with Crippen molar-refractivity contribution in [1.29, 1.82) is 0 Å². The zero-order valence-electron chi connectivity index (χ0n) is 13.0.